The Labute approximate surface area is 178 Å². The number of aromatic nitrogens is 2. The SMILES string of the molecule is Cc1nc(NCCNC(=O)c2cc([N+](=O)[O-])cc([N+](=O)[O-])c2)cc(N2CCCCC2)n1. The van der Waals surface area contributed by atoms with Gasteiger partial charge >= 0.3 is 0 Å². The number of nitro benzene ring substituents is 2. The van der Waals surface area contributed by atoms with Crippen LogP contribution in [0.15, 0.2) is 24.3 Å². The van der Waals surface area contributed by atoms with E-state index in [9.17, 15) is 25.0 Å². The molecule has 3 rings (SSSR count). The van der Waals surface area contributed by atoms with E-state index in [2.05, 4.69) is 25.5 Å². The molecule has 0 spiro atoms. The molecule has 31 heavy (non-hydrogen) atoms. The number of rotatable bonds is 8. The summed E-state index contributed by atoms with van der Waals surface area (Å²) < 4.78 is 0. The van der Waals surface area contributed by atoms with E-state index < -0.39 is 27.1 Å². The zero-order valence-electron chi connectivity index (χ0n) is 17.0. The predicted octanol–water partition coefficient (Wildman–Crippen LogP) is 2.43. The molecule has 1 amide bonds. The summed E-state index contributed by atoms with van der Waals surface area (Å²) in [5, 5.41) is 27.6. The maximum absolute atomic E-state index is 12.3. The normalized spacial score (nSPS) is 13.5. The molecule has 2 N–H and O–H groups in total. The molecule has 1 fully saturated rings. The summed E-state index contributed by atoms with van der Waals surface area (Å²) in [4.78, 5) is 43.7. The van der Waals surface area contributed by atoms with Crippen LogP contribution in [0.2, 0.25) is 0 Å². The number of piperidine rings is 1. The Morgan fingerprint density at radius 3 is 2.26 bits per heavy atom. The molecule has 2 aromatic rings. The van der Waals surface area contributed by atoms with E-state index in [-0.39, 0.29) is 12.1 Å². The van der Waals surface area contributed by atoms with Crippen molar-refractivity contribution in [1.29, 1.82) is 0 Å². The number of anilines is 2. The summed E-state index contributed by atoms with van der Waals surface area (Å²) >= 11 is 0. The first kappa shape index (κ1) is 21.9. The summed E-state index contributed by atoms with van der Waals surface area (Å²) in [7, 11) is 0. The van der Waals surface area contributed by atoms with Crippen molar-refractivity contribution in [2.75, 3.05) is 36.4 Å². The van der Waals surface area contributed by atoms with Gasteiger partial charge in [0.15, 0.2) is 0 Å². The Morgan fingerprint density at radius 1 is 1.00 bits per heavy atom. The molecule has 0 unspecified atom stereocenters. The number of hydrogen-bond acceptors (Lipinski definition) is 9. The highest BCUT2D eigenvalue weighted by molar-refractivity contribution is 5.95. The molecule has 0 aliphatic carbocycles. The molecule has 0 radical (unpaired) electrons. The third-order valence-electron chi connectivity index (χ3n) is 4.81. The van der Waals surface area contributed by atoms with Crippen molar-refractivity contribution in [2.24, 2.45) is 0 Å². The lowest BCUT2D eigenvalue weighted by Gasteiger charge is -2.28. The predicted molar refractivity (Wildman–Crippen MR) is 113 cm³/mol. The second kappa shape index (κ2) is 9.78. The number of amides is 1. The van der Waals surface area contributed by atoms with E-state index in [1.807, 2.05) is 13.0 Å². The van der Waals surface area contributed by atoms with Gasteiger partial charge in [-0.1, -0.05) is 0 Å². The van der Waals surface area contributed by atoms with Crippen molar-refractivity contribution in [3.8, 4) is 0 Å². The van der Waals surface area contributed by atoms with Crippen LogP contribution in [0.3, 0.4) is 0 Å². The number of nitro groups is 2. The van der Waals surface area contributed by atoms with Gasteiger partial charge in [-0.3, -0.25) is 25.0 Å². The van der Waals surface area contributed by atoms with Gasteiger partial charge in [-0.25, -0.2) is 9.97 Å². The van der Waals surface area contributed by atoms with Crippen LogP contribution in [0.1, 0.15) is 35.4 Å². The van der Waals surface area contributed by atoms with E-state index in [0.29, 0.717) is 18.2 Å². The van der Waals surface area contributed by atoms with Crippen molar-refractivity contribution in [3.05, 3.63) is 55.9 Å². The topological polar surface area (TPSA) is 156 Å². The molecule has 0 saturated carbocycles. The average Bonchev–Trinajstić information content (AvgIpc) is 2.76. The second-order valence-corrected chi connectivity index (χ2v) is 7.14. The van der Waals surface area contributed by atoms with Gasteiger partial charge in [0.1, 0.15) is 17.5 Å². The first-order valence-corrected chi connectivity index (χ1v) is 9.90. The molecule has 1 aliphatic rings. The second-order valence-electron chi connectivity index (χ2n) is 7.14. The van der Waals surface area contributed by atoms with Crippen molar-refractivity contribution in [1.82, 2.24) is 15.3 Å². The molecule has 2 heterocycles. The van der Waals surface area contributed by atoms with E-state index in [4.69, 9.17) is 0 Å². The summed E-state index contributed by atoms with van der Waals surface area (Å²) in [6, 6.07) is 4.70. The summed E-state index contributed by atoms with van der Waals surface area (Å²) in [6.07, 6.45) is 3.49. The number of carbonyl (C=O) groups excluding carboxylic acids is 1. The lowest BCUT2D eigenvalue weighted by molar-refractivity contribution is -0.394. The molecule has 1 aromatic heterocycles. The van der Waals surface area contributed by atoms with Crippen molar-refractivity contribution < 1.29 is 14.6 Å². The number of aryl methyl sites for hydroxylation is 1. The van der Waals surface area contributed by atoms with Crippen molar-refractivity contribution >= 4 is 28.9 Å². The zero-order valence-corrected chi connectivity index (χ0v) is 17.0. The van der Waals surface area contributed by atoms with Gasteiger partial charge in [-0.05, 0) is 26.2 Å². The minimum absolute atomic E-state index is 0.147. The zero-order chi connectivity index (χ0) is 22.4. The molecular weight excluding hydrogens is 406 g/mol. The number of benzene rings is 1. The van der Waals surface area contributed by atoms with E-state index in [1.165, 1.54) is 6.42 Å². The first-order chi connectivity index (χ1) is 14.8. The van der Waals surface area contributed by atoms with E-state index in [0.717, 1.165) is 49.9 Å². The van der Waals surface area contributed by atoms with Crippen LogP contribution in [0.4, 0.5) is 23.0 Å². The number of hydrogen-bond donors (Lipinski definition) is 2. The molecule has 0 atom stereocenters. The molecule has 1 aliphatic heterocycles. The lowest BCUT2D eigenvalue weighted by atomic mass is 10.1. The maximum Gasteiger partial charge on any atom is 0.277 e. The number of carbonyl (C=O) groups is 1. The van der Waals surface area contributed by atoms with E-state index >= 15 is 0 Å². The smallest absolute Gasteiger partial charge is 0.277 e. The lowest BCUT2D eigenvalue weighted by Crippen LogP contribution is -2.31. The summed E-state index contributed by atoms with van der Waals surface area (Å²) in [5.41, 5.74) is -1.18. The number of nitrogens with one attached hydrogen (secondary N) is 2. The van der Waals surface area contributed by atoms with Crippen LogP contribution in [0.5, 0.6) is 0 Å². The molecule has 0 bridgehead atoms. The van der Waals surface area contributed by atoms with Gasteiger partial charge in [0.2, 0.25) is 0 Å². The van der Waals surface area contributed by atoms with Crippen LogP contribution < -0.4 is 15.5 Å². The van der Waals surface area contributed by atoms with Gasteiger partial charge in [0.05, 0.1) is 21.5 Å². The van der Waals surface area contributed by atoms with Crippen LogP contribution >= 0.6 is 0 Å². The van der Waals surface area contributed by atoms with E-state index in [1.54, 1.807) is 0 Å². The number of non-ortho nitro benzene ring substituents is 2. The highest BCUT2D eigenvalue weighted by atomic mass is 16.6. The Balaban J connectivity index is 1.58. The van der Waals surface area contributed by atoms with Crippen LogP contribution in [-0.2, 0) is 0 Å². The van der Waals surface area contributed by atoms with Crippen LogP contribution in [0.25, 0.3) is 0 Å². The van der Waals surface area contributed by atoms with Crippen molar-refractivity contribution in [3.63, 3.8) is 0 Å². The van der Waals surface area contributed by atoms with Gasteiger partial charge in [0, 0.05) is 44.4 Å². The number of nitrogens with zero attached hydrogens (tertiary/aromatic N) is 5. The Morgan fingerprint density at radius 2 is 1.65 bits per heavy atom. The van der Waals surface area contributed by atoms with Gasteiger partial charge in [-0.2, -0.15) is 0 Å². The maximum atomic E-state index is 12.3. The quantitative estimate of drug-likeness (QED) is 0.365. The monoisotopic (exact) mass is 429 g/mol. The van der Waals surface area contributed by atoms with Crippen LogP contribution in [-0.4, -0.2) is 51.9 Å². The third-order valence-corrected chi connectivity index (χ3v) is 4.81. The first-order valence-electron chi connectivity index (χ1n) is 9.90. The molecule has 1 saturated heterocycles. The Hall–Kier alpha value is -3.83. The van der Waals surface area contributed by atoms with Crippen molar-refractivity contribution in [2.45, 2.75) is 26.2 Å². The third kappa shape index (κ3) is 5.84. The molecule has 1 aromatic carbocycles. The minimum atomic E-state index is -0.775. The highest BCUT2D eigenvalue weighted by Crippen LogP contribution is 2.23. The average molecular weight is 429 g/mol. The molecular formula is C19H23N7O5. The minimum Gasteiger partial charge on any atom is -0.368 e. The molecule has 164 valence electrons. The van der Waals surface area contributed by atoms with Crippen LogP contribution in [0, 0.1) is 27.2 Å². The Kier molecular flexibility index (Phi) is 6.90. The summed E-state index contributed by atoms with van der Waals surface area (Å²) in [5.74, 6) is 1.50. The highest BCUT2D eigenvalue weighted by Gasteiger charge is 2.19. The molecule has 12 nitrogen and oxygen atoms in total. The fourth-order valence-corrected chi connectivity index (χ4v) is 3.33. The standard InChI is InChI=1S/C19H23N7O5/c1-13-22-17(12-18(23-13)24-7-3-2-4-8-24)20-5-6-21-19(27)14-9-15(25(28)29)11-16(10-14)26(30)31/h9-12H,2-8H2,1H3,(H,21,27)(H,20,22,23). The fraction of sp³-hybridized carbons (Fsp3) is 0.421. The largest absolute Gasteiger partial charge is 0.368 e. The fourth-order valence-electron chi connectivity index (χ4n) is 3.33. The van der Waals surface area contributed by atoms with Gasteiger partial charge < -0.3 is 15.5 Å². The summed E-state index contributed by atoms with van der Waals surface area (Å²) in [6.45, 7) is 4.27. The molecule has 12 heteroatoms. The van der Waals surface area contributed by atoms with Gasteiger partial charge in [0.25, 0.3) is 17.3 Å². The van der Waals surface area contributed by atoms with Gasteiger partial charge in [-0.15, -0.1) is 0 Å². The Bertz CT molecular complexity index is 959.